The van der Waals surface area contributed by atoms with Gasteiger partial charge in [-0.1, -0.05) is 28.9 Å². The van der Waals surface area contributed by atoms with E-state index in [0.717, 1.165) is 11.1 Å². The Kier molecular flexibility index (Phi) is 5.40. The zero-order valence-corrected chi connectivity index (χ0v) is 16.8. The minimum atomic E-state index is -0.136. The molecule has 1 aliphatic heterocycles. The van der Waals surface area contributed by atoms with E-state index >= 15 is 0 Å². The number of aromatic nitrogens is 2. The van der Waals surface area contributed by atoms with Gasteiger partial charge in [-0.2, -0.15) is 4.98 Å². The number of ether oxygens (including phenoxy) is 2. The fourth-order valence-corrected chi connectivity index (χ4v) is 3.65. The number of carbonyl (C=O) groups is 1. The number of benzene rings is 2. The normalized spacial score (nSPS) is 16.3. The zero-order chi connectivity index (χ0) is 20.4. The summed E-state index contributed by atoms with van der Waals surface area (Å²) in [6.45, 7) is 1.03. The predicted molar refractivity (Wildman–Crippen MR) is 107 cm³/mol. The third-order valence-electron chi connectivity index (χ3n) is 4.91. The number of halogens is 1. The molecule has 1 fully saturated rings. The van der Waals surface area contributed by atoms with Gasteiger partial charge in [0.05, 0.1) is 20.1 Å². The number of rotatable bonds is 6. The molecule has 0 aliphatic carbocycles. The second-order valence-corrected chi connectivity index (χ2v) is 7.27. The van der Waals surface area contributed by atoms with Gasteiger partial charge in [-0.15, -0.1) is 0 Å². The summed E-state index contributed by atoms with van der Waals surface area (Å²) >= 11 is 6.04. The standard InChI is InChI=1S/C21H20ClN3O4/c1-27-17-7-6-14(9-18(17)28-2)20-23-21(29-24-20)15-10-19(26)25(12-15)11-13-4-3-5-16(22)8-13/h3-9,15H,10-12H2,1-2H3. The molecule has 8 heteroatoms. The number of hydrogen-bond acceptors (Lipinski definition) is 6. The highest BCUT2D eigenvalue weighted by Gasteiger charge is 2.34. The van der Waals surface area contributed by atoms with Crippen molar-refractivity contribution in [3.05, 3.63) is 58.9 Å². The summed E-state index contributed by atoms with van der Waals surface area (Å²) in [5.41, 5.74) is 1.74. The Morgan fingerprint density at radius 1 is 1.17 bits per heavy atom. The Balaban J connectivity index is 1.49. The third-order valence-corrected chi connectivity index (χ3v) is 5.14. The number of carbonyl (C=O) groups excluding carboxylic acids is 1. The highest BCUT2D eigenvalue weighted by molar-refractivity contribution is 6.30. The second-order valence-electron chi connectivity index (χ2n) is 6.83. The Bertz CT molecular complexity index is 1040. The smallest absolute Gasteiger partial charge is 0.232 e. The molecule has 2 heterocycles. The van der Waals surface area contributed by atoms with Crippen molar-refractivity contribution in [3.8, 4) is 22.9 Å². The molecule has 29 heavy (non-hydrogen) atoms. The first-order valence-electron chi connectivity index (χ1n) is 9.15. The Labute approximate surface area is 173 Å². The van der Waals surface area contributed by atoms with Crippen LogP contribution in [0.25, 0.3) is 11.4 Å². The molecule has 0 saturated carbocycles. The van der Waals surface area contributed by atoms with E-state index in [9.17, 15) is 4.79 Å². The number of hydrogen-bond donors (Lipinski definition) is 0. The summed E-state index contributed by atoms with van der Waals surface area (Å²) in [7, 11) is 3.15. The molecule has 1 aliphatic rings. The van der Waals surface area contributed by atoms with Crippen LogP contribution < -0.4 is 9.47 Å². The van der Waals surface area contributed by atoms with E-state index in [1.54, 1.807) is 31.3 Å². The molecule has 3 aromatic rings. The first-order valence-corrected chi connectivity index (χ1v) is 9.53. The van der Waals surface area contributed by atoms with Gasteiger partial charge in [0.15, 0.2) is 11.5 Å². The second kappa shape index (κ2) is 8.13. The number of amides is 1. The van der Waals surface area contributed by atoms with Gasteiger partial charge >= 0.3 is 0 Å². The van der Waals surface area contributed by atoms with Gasteiger partial charge < -0.3 is 18.9 Å². The zero-order valence-electron chi connectivity index (χ0n) is 16.1. The van der Waals surface area contributed by atoms with Gasteiger partial charge in [0, 0.05) is 30.1 Å². The summed E-state index contributed by atoms with van der Waals surface area (Å²) < 4.78 is 16.0. The molecule has 1 unspecified atom stereocenters. The molecule has 4 rings (SSSR count). The largest absolute Gasteiger partial charge is 0.493 e. The topological polar surface area (TPSA) is 77.7 Å². The third kappa shape index (κ3) is 4.05. The van der Waals surface area contributed by atoms with E-state index in [-0.39, 0.29) is 11.8 Å². The van der Waals surface area contributed by atoms with Crippen LogP contribution in [-0.2, 0) is 11.3 Å². The van der Waals surface area contributed by atoms with Gasteiger partial charge in [0.25, 0.3) is 0 Å². The van der Waals surface area contributed by atoms with Gasteiger partial charge in [0.1, 0.15) is 0 Å². The predicted octanol–water partition coefficient (Wildman–Crippen LogP) is 3.92. The van der Waals surface area contributed by atoms with Crippen molar-refractivity contribution < 1.29 is 18.8 Å². The van der Waals surface area contributed by atoms with Gasteiger partial charge in [-0.25, -0.2) is 0 Å². The van der Waals surface area contributed by atoms with E-state index in [1.807, 2.05) is 30.3 Å². The fourth-order valence-electron chi connectivity index (χ4n) is 3.44. The van der Waals surface area contributed by atoms with E-state index in [4.69, 9.17) is 25.6 Å². The molecular formula is C21H20ClN3O4. The molecule has 0 radical (unpaired) electrons. The van der Waals surface area contributed by atoms with Crippen LogP contribution >= 0.6 is 11.6 Å². The summed E-state index contributed by atoms with van der Waals surface area (Å²) in [6, 6.07) is 12.9. The van der Waals surface area contributed by atoms with E-state index < -0.39 is 0 Å². The monoisotopic (exact) mass is 413 g/mol. The number of nitrogens with zero attached hydrogens (tertiary/aromatic N) is 3. The van der Waals surface area contributed by atoms with Gasteiger partial charge in [-0.05, 0) is 35.9 Å². The maximum atomic E-state index is 12.5. The average molecular weight is 414 g/mol. The minimum Gasteiger partial charge on any atom is -0.493 e. The van der Waals surface area contributed by atoms with Crippen LogP contribution in [0.15, 0.2) is 47.0 Å². The van der Waals surface area contributed by atoms with Crippen molar-refractivity contribution in [1.29, 1.82) is 0 Å². The highest BCUT2D eigenvalue weighted by Crippen LogP contribution is 2.33. The Hall–Kier alpha value is -3.06. The molecule has 0 bridgehead atoms. The van der Waals surface area contributed by atoms with Crippen LogP contribution in [0.1, 0.15) is 23.8 Å². The van der Waals surface area contributed by atoms with Crippen molar-refractivity contribution >= 4 is 17.5 Å². The van der Waals surface area contributed by atoms with Crippen LogP contribution in [-0.4, -0.2) is 41.7 Å². The lowest BCUT2D eigenvalue weighted by atomic mass is 10.1. The average Bonchev–Trinajstić information content (AvgIpc) is 3.35. The lowest BCUT2D eigenvalue weighted by Crippen LogP contribution is -2.24. The van der Waals surface area contributed by atoms with Crippen LogP contribution in [0, 0.1) is 0 Å². The summed E-state index contributed by atoms with van der Waals surface area (Å²) in [5, 5.41) is 4.73. The Morgan fingerprint density at radius 2 is 2.00 bits per heavy atom. The van der Waals surface area contributed by atoms with Crippen LogP contribution in [0.4, 0.5) is 0 Å². The van der Waals surface area contributed by atoms with Crippen molar-refractivity contribution in [1.82, 2.24) is 15.0 Å². The molecule has 2 aromatic carbocycles. The van der Waals surface area contributed by atoms with Crippen LogP contribution in [0.2, 0.25) is 5.02 Å². The minimum absolute atomic E-state index is 0.0563. The van der Waals surface area contributed by atoms with E-state index in [1.165, 1.54) is 0 Å². The first kappa shape index (κ1) is 19.3. The van der Waals surface area contributed by atoms with Gasteiger partial charge in [-0.3, -0.25) is 4.79 Å². The maximum absolute atomic E-state index is 12.5. The first-order chi connectivity index (χ1) is 14.1. The molecule has 1 amide bonds. The molecular weight excluding hydrogens is 394 g/mol. The quantitative estimate of drug-likeness (QED) is 0.609. The SMILES string of the molecule is COc1ccc(-c2noc(C3CC(=O)N(Cc4cccc(Cl)c4)C3)n2)cc1OC. The summed E-state index contributed by atoms with van der Waals surface area (Å²) in [5.74, 6) is 2.03. The molecule has 1 saturated heterocycles. The number of likely N-dealkylation sites (tertiary alicyclic amines) is 1. The highest BCUT2D eigenvalue weighted by atomic mass is 35.5. The summed E-state index contributed by atoms with van der Waals surface area (Å²) in [6.07, 6.45) is 0.341. The van der Waals surface area contributed by atoms with Crippen molar-refractivity contribution in [2.24, 2.45) is 0 Å². The van der Waals surface area contributed by atoms with Gasteiger partial charge in [0.2, 0.25) is 17.6 Å². The molecule has 1 atom stereocenters. The Morgan fingerprint density at radius 3 is 2.76 bits per heavy atom. The van der Waals surface area contributed by atoms with Crippen molar-refractivity contribution in [3.63, 3.8) is 0 Å². The molecule has 7 nitrogen and oxygen atoms in total. The van der Waals surface area contributed by atoms with Crippen molar-refractivity contribution in [2.75, 3.05) is 20.8 Å². The number of methoxy groups -OCH3 is 2. The maximum Gasteiger partial charge on any atom is 0.232 e. The molecule has 150 valence electrons. The van der Waals surface area contributed by atoms with E-state index in [0.29, 0.717) is 47.7 Å². The lowest BCUT2D eigenvalue weighted by molar-refractivity contribution is -0.128. The molecule has 1 aromatic heterocycles. The molecule has 0 N–H and O–H groups in total. The van der Waals surface area contributed by atoms with E-state index in [2.05, 4.69) is 10.1 Å². The van der Waals surface area contributed by atoms with Crippen LogP contribution in [0.3, 0.4) is 0 Å². The summed E-state index contributed by atoms with van der Waals surface area (Å²) in [4.78, 5) is 18.7. The van der Waals surface area contributed by atoms with Crippen molar-refractivity contribution in [2.45, 2.75) is 18.9 Å². The lowest BCUT2D eigenvalue weighted by Gasteiger charge is -2.16. The molecule has 0 spiro atoms. The fraction of sp³-hybridized carbons (Fsp3) is 0.286. The van der Waals surface area contributed by atoms with Crippen LogP contribution in [0.5, 0.6) is 11.5 Å².